The quantitative estimate of drug-likeness (QED) is 0.539. The fourth-order valence-corrected chi connectivity index (χ4v) is 3.19. The van der Waals surface area contributed by atoms with Gasteiger partial charge in [-0.2, -0.15) is 0 Å². The number of hydrogen-bond donors (Lipinski definition) is 3. The summed E-state index contributed by atoms with van der Waals surface area (Å²) in [5.74, 6) is 2.69. The highest BCUT2D eigenvalue weighted by Crippen LogP contribution is 2.19. The van der Waals surface area contributed by atoms with E-state index in [1.165, 1.54) is 32.4 Å². The van der Waals surface area contributed by atoms with Crippen molar-refractivity contribution in [2.45, 2.75) is 45.2 Å². The largest absolute Gasteiger partial charge is 0.461 e. The number of furan rings is 1. The molecule has 0 saturated carbocycles. The average molecular weight is 359 g/mol. The Balaban J connectivity index is 1.49. The molecule has 1 aliphatic heterocycles. The van der Waals surface area contributed by atoms with Crippen LogP contribution < -0.4 is 10.6 Å². The molecule has 0 aliphatic carbocycles. The number of aromatic nitrogens is 3. The monoisotopic (exact) mass is 359 g/mol. The molecule has 0 atom stereocenters. The number of hydrogen-bond acceptors (Lipinski definition) is 5. The lowest BCUT2D eigenvalue weighted by molar-refractivity contribution is 0.0982. The van der Waals surface area contributed by atoms with Crippen molar-refractivity contribution in [2.75, 3.05) is 26.7 Å². The topological polar surface area (TPSA) is 94.4 Å². The van der Waals surface area contributed by atoms with Crippen LogP contribution in [0.2, 0.25) is 0 Å². The zero-order valence-electron chi connectivity index (χ0n) is 15.9. The van der Waals surface area contributed by atoms with Gasteiger partial charge in [0.05, 0.1) is 12.8 Å². The molecule has 2 aromatic heterocycles. The predicted octanol–water partition coefficient (Wildman–Crippen LogP) is 1.99. The summed E-state index contributed by atoms with van der Waals surface area (Å²) in [5.41, 5.74) is 0.0940. The third-order valence-corrected chi connectivity index (χ3v) is 4.82. The summed E-state index contributed by atoms with van der Waals surface area (Å²) in [6, 6.07) is 3.66. The fraction of sp³-hybridized carbons (Fsp3) is 0.611. The molecule has 0 radical (unpaired) electrons. The van der Waals surface area contributed by atoms with Crippen molar-refractivity contribution in [3.63, 3.8) is 0 Å². The van der Waals surface area contributed by atoms with Crippen molar-refractivity contribution in [3.05, 3.63) is 24.2 Å². The molecule has 0 spiro atoms. The van der Waals surface area contributed by atoms with E-state index in [1.54, 1.807) is 13.3 Å². The minimum absolute atomic E-state index is 0.0940. The molecule has 1 aliphatic rings. The van der Waals surface area contributed by atoms with Crippen LogP contribution in [-0.2, 0) is 6.54 Å². The van der Waals surface area contributed by atoms with Gasteiger partial charge in [-0.05, 0) is 51.9 Å². The molecule has 142 valence electrons. The lowest BCUT2D eigenvalue weighted by Crippen LogP contribution is -2.54. The zero-order valence-corrected chi connectivity index (χ0v) is 15.9. The number of nitrogens with one attached hydrogen (secondary N) is 3. The SMILES string of the molecule is CN=C(NCc1nc(-c2ccco2)n[nH]1)NCC(C)(C)N1CCCCC1. The Morgan fingerprint density at radius 3 is 2.81 bits per heavy atom. The van der Waals surface area contributed by atoms with Crippen LogP contribution in [0, 0.1) is 0 Å². The van der Waals surface area contributed by atoms with Gasteiger partial charge in [0.15, 0.2) is 11.7 Å². The minimum atomic E-state index is 0.0940. The molecule has 8 heteroatoms. The Morgan fingerprint density at radius 2 is 2.12 bits per heavy atom. The number of nitrogens with zero attached hydrogens (tertiary/aromatic N) is 4. The van der Waals surface area contributed by atoms with Crippen LogP contribution >= 0.6 is 0 Å². The smallest absolute Gasteiger partial charge is 0.216 e. The van der Waals surface area contributed by atoms with E-state index in [2.05, 4.69) is 49.6 Å². The highest BCUT2D eigenvalue weighted by Gasteiger charge is 2.27. The van der Waals surface area contributed by atoms with Gasteiger partial charge in [-0.25, -0.2) is 4.98 Å². The number of guanidine groups is 1. The molecule has 0 unspecified atom stereocenters. The van der Waals surface area contributed by atoms with Gasteiger partial charge in [0.1, 0.15) is 5.82 Å². The van der Waals surface area contributed by atoms with Gasteiger partial charge in [-0.1, -0.05) is 6.42 Å². The second-order valence-corrected chi connectivity index (χ2v) is 7.22. The van der Waals surface area contributed by atoms with Gasteiger partial charge in [0.25, 0.3) is 0 Å². The maximum atomic E-state index is 5.31. The Kier molecular flexibility index (Phi) is 5.92. The highest BCUT2D eigenvalue weighted by atomic mass is 16.3. The van der Waals surface area contributed by atoms with Gasteiger partial charge in [-0.15, -0.1) is 5.10 Å². The number of H-pyrrole nitrogens is 1. The van der Waals surface area contributed by atoms with Crippen LogP contribution in [0.4, 0.5) is 0 Å². The van der Waals surface area contributed by atoms with E-state index in [-0.39, 0.29) is 5.54 Å². The number of likely N-dealkylation sites (tertiary alicyclic amines) is 1. The Hall–Kier alpha value is -2.35. The second-order valence-electron chi connectivity index (χ2n) is 7.22. The van der Waals surface area contributed by atoms with Crippen molar-refractivity contribution in [1.29, 1.82) is 0 Å². The normalized spacial score (nSPS) is 16.7. The molecule has 1 fully saturated rings. The first kappa shape index (κ1) is 18.4. The van der Waals surface area contributed by atoms with E-state index in [4.69, 9.17) is 4.42 Å². The third-order valence-electron chi connectivity index (χ3n) is 4.82. The molecular weight excluding hydrogens is 330 g/mol. The molecule has 0 bridgehead atoms. The van der Waals surface area contributed by atoms with Crippen LogP contribution in [-0.4, -0.2) is 58.3 Å². The summed E-state index contributed by atoms with van der Waals surface area (Å²) in [6.07, 6.45) is 5.54. The Bertz CT molecular complexity index is 699. The minimum Gasteiger partial charge on any atom is -0.461 e. The molecule has 0 aromatic carbocycles. The van der Waals surface area contributed by atoms with Crippen LogP contribution in [0.5, 0.6) is 0 Å². The van der Waals surface area contributed by atoms with Crippen molar-refractivity contribution >= 4 is 5.96 Å². The van der Waals surface area contributed by atoms with Gasteiger partial charge < -0.3 is 15.1 Å². The molecular formula is C18H29N7O. The summed E-state index contributed by atoms with van der Waals surface area (Å²) in [5, 5.41) is 13.8. The van der Waals surface area contributed by atoms with Crippen molar-refractivity contribution in [2.24, 2.45) is 4.99 Å². The van der Waals surface area contributed by atoms with Gasteiger partial charge in [0, 0.05) is 19.1 Å². The van der Waals surface area contributed by atoms with Gasteiger partial charge in [-0.3, -0.25) is 15.0 Å². The molecule has 3 N–H and O–H groups in total. The van der Waals surface area contributed by atoms with E-state index in [0.717, 1.165) is 18.3 Å². The van der Waals surface area contributed by atoms with Gasteiger partial charge >= 0.3 is 0 Å². The fourth-order valence-electron chi connectivity index (χ4n) is 3.19. The maximum Gasteiger partial charge on any atom is 0.216 e. The zero-order chi connectivity index (χ0) is 18.4. The molecule has 0 amide bonds. The molecule has 1 saturated heterocycles. The number of rotatable bonds is 6. The first-order chi connectivity index (χ1) is 12.6. The Labute approximate surface area is 154 Å². The van der Waals surface area contributed by atoms with E-state index >= 15 is 0 Å². The number of aliphatic imine (C=N–C) groups is 1. The van der Waals surface area contributed by atoms with Crippen LogP contribution in [0.15, 0.2) is 27.8 Å². The standard InChI is InChI=1S/C18H29N7O/c1-18(2,25-9-5-4-6-10-25)13-21-17(19-3)20-12-15-22-16(24-23-15)14-8-7-11-26-14/h7-8,11H,4-6,9-10,12-13H2,1-3H3,(H2,19,20,21)(H,22,23,24). The number of aromatic amines is 1. The van der Waals surface area contributed by atoms with E-state index in [9.17, 15) is 0 Å². The van der Waals surface area contributed by atoms with Crippen LogP contribution in [0.25, 0.3) is 11.6 Å². The highest BCUT2D eigenvalue weighted by molar-refractivity contribution is 5.79. The summed E-state index contributed by atoms with van der Waals surface area (Å²) in [6.45, 7) is 8.26. The third kappa shape index (κ3) is 4.63. The van der Waals surface area contributed by atoms with E-state index in [1.807, 2.05) is 12.1 Å². The summed E-state index contributed by atoms with van der Waals surface area (Å²) >= 11 is 0. The lowest BCUT2D eigenvalue weighted by atomic mass is 9.98. The van der Waals surface area contributed by atoms with E-state index < -0.39 is 0 Å². The molecule has 3 heterocycles. The van der Waals surface area contributed by atoms with Crippen molar-refractivity contribution < 1.29 is 4.42 Å². The lowest BCUT2D eigenvalue weighted by Gasteiger charge is -2.41. The Morgan fingerprint density at radius 1 is 1.31 bits per heavy atom. The summed E-state index contributed by atoms with van der Waals surface area (Å²) < 4.78 is 5.31. The number of piperidine rings is 1. The maximum absolute atomic E-state index is 5.31. The molecule has 3 rings (SSSR count). The first-order valence-corrected chi connectivity index (χ1v) is 9.23. The van der Waals surface area contributed by atoms with Crippen LogP contribution in [0.1, 0.15) is 38.9 Å². The average Bonchev–Trinajstić information content (AvgIpc) is 3.34. The predicted molar refractivity (Wildman–Crippen MR) is 102 cm³/mol. The molecule has 2 aromatic rings. The van der Waals surface area contributed by atoms with Crippen LogP contribution in [0.3, 0.4) is 0 Å². The molecule has 8 nitrogen and oxygen atoms in total. The van der Waals surface area contributed by atoms with Crippen molar-refractivity contribution in [1.82, 2.24) is 30.7 Å². The van der Waals surface area contributed by atoms with Crippen molar-refractivity contribution in [3.8, 4) is 11.6 Å². The first-order valence-electron chi connectivity index (χ1n) is 9.23. The van der Waals surface area contributed by atoms with Gasteiger partial charge in [0.2, 0.25) is 5.82 Å². The van der Waals surface area contributed by atoms with E-state index in [0.29, 0.717) is 18.1 Å². The summed E-state index contributed by atoms with van der Waals surface area (Å²) in [4.78, 5) is 11.3. The second kappa shape index (κ2) is 8.35. The summed E-state index contributed by atoms with van der Waals surface area (Å²) in [7, 11) is 1.78. The molecule has 26 heavy (non-hydrogen) atoms.